The van der Waals surface area contributed by atoms with Gasteiger partial charge in [0.25, 0.3) is 5.91 Å². The van der Waals surface area contributed by atoms with E-state index in [1.807, 2.05) is 22.4 Å². The van der Waals surface area contributed by atoms with Crippen molar-refractivity contribution in [3.8, 4) is 0 Å². The fraction of sp³-hybridized carbons (Fsp3) is 0.400. The van der Waals surface area contributed by atoms with Gasteiger partial charge in [-0.3, -0.25) is 14.6 Å². The van der Waals surface area contributed by atoms with Crippen LogP contribution < -0.4 is 5.32 Å². The number of pyridine rings is 1. The van der Waals surface area contributed by atoms with Gasteiger partial charge in [0.05, 0.1) is 34.8 Å². The second kappa shape index (κ2) is 10.1. The van der Waals surface area contributed by atoms with Crippen LogP contribution >= 0.6 is 11.3 Å². The number of hydrogen-bond donors (Lipinski definition) is 2. The summed E-state index contributed by atoms with van der Waals surface area (Å²) in [6, 6.07) is 7.35. The number of likely N-dealkylation sites (tertiary alicyclic amines) is 1. The molecular formula is C20H20F3N3O5S. The number of ether oxygens (including phenoxy) is 1. The number of hydrogen-bond acceptors (Lipinski definition) is 6. The first-order valence-electron chi connectivity index (χ1n) is 9.64. The number of halogens is 3. The lowest BCUT2D eigenvalue weighted by Crippen LogP contribution is -2.54. The molecule has 0 aromatic carbocycles. The van der Waals surface area contributed by atoms with Crippen LogP contribution in [-0.2, 0) is 14.3 Å². The van der Waals surface area contributed by atoms with E-state index in [1.165, 1.54) is 11.3 Å². The third-order valence-electron chi connectivity index (χ3n) is 5.04. The Kier molecular flexibility index (Phi) is 7.46. The minimum absolute atomic E-state index is 0.00521. The molecule has 2 aromatic rings. The van der Waals surface area contributed by atoms with Crippen molar-refractivity contribution in [2.45, 2.75) is 31.2 Å². The minimum atomic E-state index is -5.08. The summed E-state index contributed by atoms with van der Waals surface area (Å²) in [6.07, 6.45) is -0.398. The van der Waals surface area contributed by atoms with Gasteiger partial charge in [-0.2, -0.15) is 13.2 Å². The molecule has 0 aliphatic carbocycles. The van der Waals surface area contributed by atoms with Crippen molar-refractivity contribution in [3.05, 3.63) is 46.9 Å². The molecule has 8 nitrogen and oxygen atoms in total. The van der Waals surface area contributed by atoms with E-state index in [-0.39, 0.29) is 29.9 Å². The van der Waals surface area contributed by atoms with Gasteiger partial charge in [-0.1, -0.05) is 6.07 Å². The lowest BCUT2D eigenvalue weighted by Gasteiger charge is -2.40. The third kappa shape index (κ3) is 5.82. The van der Waals surface area contributed by atoms with Crippen LogP contribution in [0.4, 0.5) is 18.9 Å². The Balaban J connectivity index is 0.000000360. The van der Waals surface area contributed by atoms with Gasteiger partial charge in [0, 0.05) is 19.3 Å². The maximum atomic E-state index is 12.9. The fourth-order valence-electron chi connectivity index (χ4n) is 3.59. The molecule has 2 saturated heterocycles. The molecule has 4 heterocycles. The minimum Gasteiger partial charge on any atom is -0.475 e. The first-order valence-corrected chi connectivity index (χ1v) is 10.5. The highest BCUT2D eigenvalue weighted by Gasteiger charge is 2.44. The van der Waals surface area contributed by atoms with E-state index in [2.05, 4.69) is 10.3 Å². The van der Waals surface area contributed by atoms with Crippen LogP contribution in [0.1, 0.15) is 22.5 Å². The van der Waals surface area contributed by atoms with E-state index in [1.54, 1.807) is 24.5 Å². The first kappa shape index (κ1) is 23.7. The first-order chi connectivity index (χ1) is 15.2. The van der Waals surface area contributed by atoms with Crippen LogP contribution in [-0.4, -0.2) is 64.2 Å². The highest BCUT2D eigenvalue weighted by molar-refractivity contribution is 7.12. The standard InChI is InChI=1S/C18H19N3O3S.C2HF3O2/c22-17(20-13-3-1-6-19-10-13)12-9-15-14(5-7-24-15)21(11-12)18(23)16-4-2-8-25-16;3-2(4,5)1(6)7/h1-4,6,8,10,12,14-15H,5,7,9,11H2,(H,20,22);(H,6,7)/t12-,14+,15+;/m0./s1. The zero-order valence-corrected chi connectivity index (χ0v) is 17.4. The van der Waals surface area contributed by atoms with Crippen LogP contribution in [0.2, 0.25) is 0 Å². The molecule has 2 fully saturated rings. The monoisotopic (exact) mass is 471 g/mol. The Morgan fingerprint density at radius 1 is 1.25 bits per heavy atom. The molecule has 4 rings (SSSR count). The molecule has 2 amide bonds. The van der Waals surface area contributed by atoms with Gasteiger partial charge in [-0.15, -0.1) is 11.3 Å². The predicted molar refractivity (Wildman–Crippen MR) is 108 cm³/mol. The summed E-state index contributed by atoms with van der Waals surface area (Å²) >= 11 is 1.43. The van der Waals surface area contributed by atoms with E-state index in [0.717, 1.165) is 6.42 Å². The predicted octanol–water partition coefficient (Wildman–Crippen LogP) is 3.03. The Hall–Kier alpha value is -2.99. The number of carboxylic acids is 1. The highest BCUT2D eigenvalue weighted by Crippen LogP contribution is 2.33. The molecule has 32 heavy (non-hydrogen) atoms. The SMILES string of the molecule is O=C(Nc1cccnc1)[C@H]1C[C@H]2OCC[C@H]2N(C(=O)c2cccs2)C1.O=C(O)C(F)(F)F. The van der Waals surface area contributed by atoms with Crippen LogP contribution in [0.3, 0.4) is 0 Å². The van der Waals surface area contributed by atoms with Crippen molar-refractivity contribution in [1.29, 1.82) is 0 Å². The molecule has 12 heteroatoms. The molecule has 2 aliphatic heterocycles. The van der Waals surface area contributed by atoms with Gasteiger partial charge in [0.2, 0.25) is 5.91 Å². The Labute approximate surface area is 185 Å². The Morgan fingerprint density at radius 3 is 2.59 bits per heavy atom. The normalized spacial score (nSPS) is 22.3. The Bertz CT molecular complexity index is 940. The van der Waals surface area contributed by atoms with Gasteiger partial charge in [-0.05, 0) is 36.4 Å². The summed E-state index contributed by atoms with van der Waals surface area (Å²) in [5, 5.41) is 11.9. The van der Waals surface area contributed by atoms with E-state index in [9.17, 15) is 22.8 Å². The maximum Gasteiger partial charge on any atom is 0.490 e. The molecule has 0 bridgehead atoms. The second-order valence-corrected chi connectivity index (χ2v) is 8.11. The van der Waals surface area contributed by atoms with Crippen molar-refractivity contribution in [2.75, 3.05) is 18.5 Å². The molecular weight excluding hydrogens is 451 g/mol. The second-order valence-electron chi connectivity index (χ2n) is 7.17. The molecule has 2 aliphatic rings. The van der Waals surface area contributed by atoms with E-state index < -0.39 is 12.1 Å². The number of nitrogens with zero attached hydrogens (tertiary/aromatic N) is 2. The molecule has 2 N–H and O–H groups in total. The number of rotatable bonds is 3. The molecule has 0 radical (unpaired) electrons. The largest absolute Gasteiger partial charge is 0.490 e. The van der Waals surface area contributed by atoms with Crippen LogP contribution in [0.5, 0.6) is 0 Å². The summed E-state index contributed by atoms with van der Waals surface area (Å²) in [5.74, 6) is -3.14. The summed E-state index contributed by atoms with van der Waals surface area (Å²) in [4.78, 5) is 41.0. The van der Waals surface area contributed by atoms with Crippen LogP contribution in [0.15, 0.2) is 42.0 Å². The van der Waals surface area contributed by atoms with Crippen molar-refractivity contribution < 1.29 is 37.4 Å². The molecule has 0 spiro atoms. The van der Waals surface area contributed by atoms with Crippen LogP contribution in [0.25, 0.3) is 0 Å². The summed E-state index contributed by atoms with van der Waals surface area (Å²) in [7, 11) is 0. The Morgan fingerprint density at radius 2 is 2.00 bits per heavy atom. The van der Waals surface area contributed by atoms with E-state index in [4.69, 9.17) is 14.6 Å². The maximum absolute atomic E-state index is 12.9. The molecule has 172 valence electrons. The van der Waals surface area contributed by atoms with Crippen molar-refractivity contribution >= 4 is 34.8 Å². The number of carbonyl (C=O) groups excluding carboxylic acids is 2. The summed E-state index contributed by atoms with van der Waals surface area (Å²) in [6.45, 7) is 1.06. The van der Waals surface area contributed by atoms with E-state index in [0.29, 0.717) is 30.1 Å². The molecule has 3 atom stereocenters. The number of alkyl halides is 3. The smallest absolute Gasteiger partial charge is 0.475 e. The zero-order chi connectivity index (χ0) is 23.3. The quantitative estimate of drug-likeness (QED) is 0.713. The fourth-order valence-corrected chi connectivity index (χ4v) is 4.27. The van der Waals surface area contributed by atoms with Gasteiger partial charge in [0.1, 0.15) is 0 Å². The van der Waals surface area contributed by atoms with Crippen molar-refractivity contribution in [2.24, 2.45) is 5.92 Å². The summed E-state index contributed by atoms with van der Waals surface area (Å²) < 4.78 is 37.5. The zero-order valence-electron chi connectivity index (χ0n) is 16.6. The molecule has 0 saturated carbocycles. The number of carbonyl (C=O) groups is 3. The van der Waals surface area contributed by atoms with E-state index >= 15 is 0 Å². The number of aromatic nitrogens is 1. The van der Waals surface area contributed by atoms with Gasteiger partial charge in [-0.25, -0.2) is 4.79 Å². The number of piperidine rings is 1. The van der Waals surface area contributed by atoms with Gasteiger partial charge < -0.3 is 20.1 Å². The van der Waals surface area contributed by atoms with Gasteiger partial charge in [0.15, 0.2) is 0 Å². The number of aliphatic carboxylic acids is 1. The van der Waals surface area contributed by atoms with Gasteiger partial charge >= 0.3 is 12.1 Å². The number of fused-ring (bicyclic) bond motifs is 1. The van der Waals surface area contributed by atoms with Crippen molar-refractivity contribution in [3.63, 3.8) is 0 Å². The number of nitrogens with one attached hydrogen (secondary N) is 1. The highest BCUT2D eigenvalue weighted by atomic mass is 32.1. The van der Waals surface area contributed by atoms with Crippen molar-refractivity contribution in [1.82, 2.24) is 9.88 Å². The number of amides is 2. The average molecular weight is 471 g/mol. The third-order valence-corrected chi connectivity index (χ3v) is 5.90. The summed E-state index contributed by atoms with van der Waals surface area (Å²) in [5.41, 5.74) is 0.665. The molecule has 2 aromatic heterocycles. The lowest BCUT2D eigenvalue weighted by atomic mass is 9.89. The topological polar surface area (TPSA) is 109 Å². The number of thiophene rings is 1. The average Bonchev–Trinajstić information content (AvgIpc) is 3.45. The lowest BCUT2D eigenvalue weighted by molar-refractivity contribution is -0.192. The number of anilines is 1. The van der Waals surface area contributed by atoms with Crippen LogP contribution in [0, 0.1) is 5.92 Å². The molecule has 0 unspecified atom stereocenters. The number of carboxylic acid groups (broad SMARTS) is 1.